The fourth-order valence-corrected chi connectivity index (χ4v) is 3.32. The van der Waals surface area contributed by atoms with E-state index >= 15 is 0 Å². The maximum Gasteiger partial charge on any atom is 0.317 e. The van der Waals surface area contributed by atoms with Crippen molar-refractivity contribution in [3.8, 4) is 0 Å². The molecule has 0 saturated carbocycles. The quantitative estimate of drug-likeness (QED) is 0.746. The number of carbonyl (C=O) groups is 2. The van der Waals surface area contributed by atoms with Gasteiger partial charge >= 0.3 is 6.03 Å². The minimum atomic E-state index is -0.146. The third-order valence-corrected chi connectivity index (χ3v) is 4.99. The van der Waals surface area contributed by atoms with Crippen molar-refractivity contribution in [2.45, 2.75) is 32.2 Å². The van der Waals surface area contributed by atoms with Crippen LogP contribution >= 0.6 is 0 Å². The predicted molar refractivity (Wildman–Crippen MR) is 104 cm³/mol. The summed E-state index contributed by atoms with van der Waals surface area (Å²) in [7, 11) is 3.74. The lowest BCUT2D eigenvalue weighted by Crippen LogP contribution is -2.42. The van der Waals surface area contributed by atoms with Gasteiger partial charge in [0.15, 0.2) is 0 Å². The van der Waals surface area contributed by atoms with Crippen LogP contribution in [0.3, 0.4) is 0 Å². The Bertz CT molecular complexity index is 556. The van der Waals surface area contributed by atoms with Gasteiger partial charge in [0.1, 0.15) is 0 Å². The van der Waals surface area contributed by atoms with Crippen molar-refractivity contribution in [1.82, 2.24) is 20.4 Å². The summed E-state index contributed by atoms with van der Waals surface area (Å²) >= 11 is 0. The van der Waals surface area contributed by atoms with Crippen LogP contribution in [-0.2, 0) is 11.3 Å². The highest BCUT2D eigenvalue weighted by Crippen LogP contribution is 2.20. The van der Waals surface area contributed by atoms with Crippen molar-refractivity contribution in [3.05, 3.63) is 35.9 Å². The van der Waals surface area contributed by atoms with E-state index in [1.54, 1.807) is 11.9 Å². The van der Waals surface area contributed by atoms with Crippen molar-refractivity contribution in [3.63, 3.8) is 0 Å². The highest BCUT2D eigenvalue weighted by Gasteiger charge is 2.22. The molecule has 1 aromatic carbocycles. The molecule has 1 fully saturated rings. The van der Waals surface area contributed by atoms with Crippen molar-refractivity contribution >= 4 is 11.9 Å². The molecule has 0 unspecified atom stereocenters. The lowest BCUT2D eigenvalue weighted by Gasteiger charge is -2.32. The zero-order chi connectivity index (χ0) is 18.8. The monoisotopic (exact) mass is 360 g/mol. The number of rotatable bonds is 8. The summed E-state index contributed by atoms with van der Waals surface area (Å²) in [5, 5.41) is 6.03. The number of piperidine rings is 1. The molecule has 1 aliphatic heterocycles. The Labute approximate surface area is 156 Å². The van der Waals surface area contributed by atoms with E-state index in [1.807, 2.05) is 42.3 Å². The van der Waals surface area contributed by atoms with Gasteiger partial charge in [0.2, 0.25) is 5.91 Å². The maximum atomic E-state index is 12.3. The molecule has 0 radical (unpaired) electrons. The van der Waals surface area contributed by atoms with Crippen LogP contribution in [-0.4, -0.2) is 62.0 Å². The molecule has 0 spiro atoms. The first-order chi connectivity index (χ1) is 12.6. The van der Waals surface area contributed by atoms with Crippen LogP contribution in [0.2, 0.25) is 0 Å². The number of carbonyl (C=O) groups excluding carboxylic acids is 2. The summed E-state index contributed by atoms with van der Waals surface area (Å²) < 4.78 is 0. The fourth-order valence-electron chi connectivity index (χ4n) is 3.32. The number of likely N-dealkylation sites (tertiary alicyclic amines) is 1. The van der Waals surface area contributed by atoms with Gasteiger partial charge in [-0.15, -0.1) is 0 Å². The Morgan fingerprint density at radius 3 is 2.50 bits per heavy atom. The van der Waals surface area contributed by atoms with Gasteiger partial charge in [-0.1, -0.05) is 30.3 Å². The molecule has 0 aromatic heterocycles. The van der Waals surface area contributed by atoms with Gasteiger partial charge < -0.3 is 20.4 Å². The van der Waals surface area contributed by atoms with Gasteiger partial charge in [0.05, 0.1) is 0 Å². The summed E-state index contributed by atoms with van der Waals surface area (Å²) in [6.45, 7) is 3.67. The normalized spacial score (nSPS) is 14.9. The van der Waals surface area contributed by atoms with Crippen LogP contribution in [0.1, 0.15) is 31.2 Å². The van der Waals surface area contributed by atoms with Crippen molar-refractivity contribution in [2.24, 2.45) is 5.92 Å². The molecule has 144 valence electrons. The lowest BCUT2D eigenvalue weighted by atomic mass is 9.93. The second kappa shape index (κ2) is 10.8. The number of hydrogen-bond acceptors (Lipinski definition) is 3. The highest BCUT2D eigenvalue weighted by molar-refractivity contribution is 5.78. The molecule has 26 heavy (non-hydrogen) atoms. The Balaban J connectivity index is 1.63. The van der Waals surface area contributed by atoms with Gasteiger partial charge in [0, 0.05) is 39.6 Å². The van der Waals surface area contributed by atoms with Gasteiger partial charge in [-0.3, -0.25) is 4.79 Å². The van der Waals surface area contributed by atoms with E-state index in [0.29, 0.717) is 19.5 Å². The standard InChI is InChI=1S/C20H32N4O2/c1-21-12-8-17-10-14-24(15-11-17)19(25)9-13-22-20(26)23(2)16-18-6-4-3-5-7-18/h3-7,17,21H,8-16H2,1-2H3,(H,22,26). The molecular weight excluding hydrogens is 328 g/mol. The lowest BCUT2D eigenvalue weighted by molar-refractivity contribution is -0.132. The Kier molecular flexibility index (Phi) is 8.41. The van der Waals surface area contributed by atoms with Gasteiger partial charge in [-0.2, -0.15) is 0 Å². The summed E-state index contributed by atoms with van der Waals surface area (Å²) in [6.07, 6.45) is 3.72. The van der Waals surface area contributed by atoms with Crippen molar-refractivity contribution < 1.29 is 9.59 Å². The maximum absolute atomic E-state index is 12.3. The van der Waals surface area contributed by atoms with Crippen LogP contribution in [0.4, 0.5) is 4.79 Å². The number of benzene rings is 1. The van der Waals surface area contributed by atoms with Gasteiger partial charge in [0.25, 0.3) is 0 Å². The molecule has 6 nitrogen and oxygen atoms in total. The Morgan fingerprint density at radius 2 is 1.85 bits per heavy atom. The van der Waals surface area contributed by atoms with Gasteiger partial charge in [-0.05, 0) is 44.3 Å². The van der Waals surface area contributed by atoms with Crippen LogP contribution in [0, 0.1) is 5.92 Å². The van der Waals surface area contributed by atoms with E-state index in [-0.39, 0.29) is 11.9 Å². The molecule has 1 aromatic rings. The largest absolute Gasteiger partial charge is 0.343 e. The molecule has 1 saturated heterocycles. The molecular formula is C20H32N4O2. The summed E-state index contributed by atoms with van der Waals surface area (Å²) in [6, 6.07) is 9.72. The summed E-state index contributed by atoms with van der Waals surface area (Å²) in [4.78, 5) is 28.0. The second-order valence-corrected chi connectivity index (χ2v) is 7.04. The highest BCUT2D eigenvalue weighted by atomic mass is 16.2. The third-order valence-electron chi connectivity index (χ3n) is 4.99. The second-order valence-electron chi connectivity index (χ2n) is 7.04. The van der Waals surface area contributed by atoms with Gasteiger partial charge in [-0.25, -0.2) is 4.79 Å². The van der Waals surface area contributed by atoms with E-state index in [4.69, 9.17) is 0 Å². The number of nitrogens with one attached hydrogen (secondary N) is 2. The first kappa shape index (κ1) is 20.2. The number of nitrogens with zero attached hydrogens (tertiary/aromatic N) is 2. The van der Waals surface area contributed by atoms with Crippen molar-refractivity contribution in [1.29, 1.82) is 0 Å². The van der Waals surface area contributed by atoms with E-state index < -0.39 is 0 Å². The molecule has 1 heterocycles. The zero-order valence-electron chi connectivity index (χ0n) is 16.0. The molecule has 1 aliphatic rings. The van der Waals surface area contributed by atoms with E-state index in [1.165, 1.54) is 6.42 Å². The third kappa shape index (κ3) is 6.67. The predicted octanol–water partition coefficient (Wildman–Crippen LogP) is 2.07. The van der Waals surface area contributed by atoms with E-state index in [9.17, 15) is 9.59 Å². The Morgan fingerprint density at radius 1 is 1.15 bits per heavy atom. The van der Waals surface area contributed by atoms with E-state index in [0.717, 1.165) is 44.0 Å². The minimum absolute atomic E-state index is 0.142. The fraction of sp³-hybridized carbons (Fsp3) is 0.600. The summed E-state index contributed by atoms with van der Waals surface area (Å²) in [5.74, 6) is 0.862. The Hall–Kier alpha value is -2.08. The molecule has 0 bridgehead atoms. The van der Waals surface area contributed by atoms with Crippen LogP contribution < -0.4 is 10.6 Å². The first-order valence-electron chi connectivity index (χ1n) is 9.55. The molecule has 3 amide bonds. The van der Waals surface area contributed by atoms with Crippen molar-refractivity contribution in [2.75, 3.05) is 40.3 Å². The smallest absolute Gasteiger partial charge is 0.317 e. The zero-order valence-corrected chi connectivity index (χ0v) is 16.0. The number of hydrogen-bond donors (Lipinski definition) is 2. The number of amides is 3. The van der Waals surface area contributed by atoms with Crippen LogP contribution in [0.15, 0.2) is 30.3 Å². The molecule has 0 aliphatic carbocycles. The topological polar surface area (TPSA) is 64.7 Å². The molecule has 0 atom stereocenters. The average molecular weight is 361 g/mol. The number of urea groups is 1. The first-order valence-corrected chi connectivity index (χ1v) is 9.55. The summed E-state index contributed by atoms with van der Waals surface area (Å²) in [5.41, 5.74) is 1.09. The van der Waals surface area contributed by atoms with E-state index in [2.05, 4.69) is 10.6 Å². The average Bonchev–Trinajstić information content (AvgIpc) is 2.67. The van der Waals surface area contributed by atoms with Crippen LogP contribution in [0.25, 0.3) is 0 Å². The minimum Gasteiger partial charge on any atom is -0.343 e. The molecule has 2 rings (SSSR count). The molecule has 6 heteroatoms. The molecule has 2 N–H and O–H groups in total. The SMILES string of the molecule is CNCCC1CCN(C(=O)CCNC(=O)N(C)Cc2ccccc2)CC1. The van der Waals surface area contributed by atoms with Crippen LogP contribution in [0.5, 0.6) is 0 Å².